The van der Waals surface area contributed by atoms with Crippen LogP contribution in [0.3, 0.4) is 0 Å². The fourth-order valence-electron chi connectivity index (χ4n) is 3.40. The van der Waals surface area contributed by atoms with Crippen molar-refractivity contribution in [3.05, 3.63) is 23.8 Å². The molecule has 1 saturated carbocycles. The van der Waals surface area contributed by atoms with Gasteiger partial charge in [-0.15, -0.1) is 0 Å². The number of aliphatic hydroxyl groups excluding tert-OH is 1. The molecule has 110 valence electrons. The first-order chi connectivity index (χ1) is 9.65. The number of fused-ring (bicyclic) bond motifs is 1. The van der Waals surface area contributed by atoms with Crippen molar-refractivity contribution < 1.29 is 19.3 Å². The lowest BCUT2D eigenvalue weighted by Gasteiger charge is -2.44. The Morgan fingerprint density at radius 3 is 2.65 bits per heavy atom. The topological polar surface area (TPSA) is 47.9 Å². The van der Waals surface area contributed by atoms with Crippen molar-refractivity contribution in [2.45, 2.75) is 49.9 Å². The molecule has 1 N–H and O–H groups in total. The Balaban J connectivity index is 1.82. The Hall–Kier alpha value is -1.26. The van der Waals surface area contributed by atoms with E-state index in [1.807, 2.05) is 18.2 Å². The van der Waals surface area contributed by atoms with Crippen molar-refractivity contribution in [2.75, 3.05) is 14.2 Å². The minimum absolute atomic E-state index is 0.226. The van der Waals surface area contributed by atoms with Crippen LogP contribution < -0.4 is 9.47 Å². The predicted octanol–water partition coefficient (Wildman–Crippen LogP) is 2.84. The van der Waals surface area contributed by atoms with E-state index < -0.39 is 6.10 Å². The van der Waals surface area contributed by atoms with Crippen LogP contribution in [0.25, 0.3) is 0 Å². The molecule has 1 aliphatic carbocycles. The summed E-state index contributed by atoms with van der Waals surface area (Å²) < 4.78 is 16.9. The Bertz CT molecular complexity index is 477. The molecule has 0 radical (unpaired) electrons. The molecule has 20 heavy (non-hydrogen) atoms. The molecule has 1 fully saturated rings. The van der Waals surface area contributed by atoms with E-state index in [0.29, 0.717) is 12.5 Å². The quantitative estimate of drug-likeness (QED) is 0.903. The van der Waals surface area contributed by atoms with Crippen LogP contribution in [0.2, 0.25) is 0 Å². The zero-order valence-corrected chi connectivity index (χ0v) is 12.1. The minimum atomic E-state index is -0.479. The third kappa shape index (κ3) is 2.38. The number of hydrogen-bond donors (Lipinski definition) is 1. The first kappa shape index (κ1) is 13.7. The Morgan fingerprint density at radius 1 is 1.25 bits per heavy atom. The van der Waals surface area contributed by atoms with Gasteiger partial charge in [0.2, 0.25) is 0 Å². The van der Waals surface area contributed by atoms with E-state index >= 15 is 0 Å². The maximum atomic E-state index is 10.5. The summed E-state index contributed by atoms with van der Waals surface area (Å²) in [6.07, 6.45) is 4.38. The van der Waals surface area contributed by atoms with Crippen molar-refractivity contribution >= 4 is 0 Å². The standard InChI is InChI=1S/C16H22O4/c1-18-11-5-7-16(8-6-11)10-14(17)13-9-12(19-2)3-4-15(13)20-16/h3-4,9,11,14,17H,5-8,10H2,1-2H3. The number of benzene rings is 1. The van der Waals surface area contributed by atoms with Gasteiger partial charge in [-0.3, -0.25) is 0 Å². The number of aliphatic hydroxyl groups is 1. The van der Waals surface area contributed by atoms with E-state index in [9.17, 15) is 5.11 Å². The van der Waals surface area contributed by atoms with Crippen LogP contribution in [0, 0.1) is 0 Å². The summed E-state index contributed by atoms with van der Waals surface area (Å²) in [5.41, 5.74) is 0.611. The van der Waals surface area contributed by atoms with Crippen molar-refractivity contribution in [1.82, 2.24) is 0 Å². The fraction of sp³-hybridized carbons (Fsp3) is 0.625. The van der Waals surface area contributed by atoms with E-state index in [-0.39, 0.29) is 5.60 Å². The van der Waals surface area contributed by atoms with Crippen molar-refractivity contribution in [3.8, 4) is 11.5 Å². The summed E-state index contributed by atoms with van der Waals surface area (Å²) in [4.78, 5) is 0. The molecular weight excluding hydrogens is 256 g/mol. The highest BCUT2D eigenvalue weighted by atomic mass is 16.5. The van der Waals surface area contributed by atoms with Crippen LogP contribution in [-0.4, -0.2) is 31.0 Å². The van der Waals surface area contributed by atoms with Gasteiger partial charge in [0, 0.05) is 19.1 Å². The van der Waals surface area contributed by atoms with Crippen molar-refractivity contribution in [2.24, 2.45) is 0 Å². The highest BCUT2D eigenvalue weighted by Crippen LogP contribution is 2.47. The lowest BCUT2D eigenvalue weighted by molar-refractivity contribution is -0.0672. The van der Waals surface area contributed by atoms with Crippen LogP contribution in [0.1, 0.15) is 43.8 Å². The predicted molar refractivity (Wildman–Crippen MR) is 75.2 cm³/mol. The molecular formula is C16H22O4. The number of ether oxygens (including phenoxy) is 3. The Kier molecular flexibility index (Phi) is 3.61. The average molecular weight is 278 g/mol. The molecule has 2 aliphatic rings. The molecule has 1 heterocycles. The zero-order chi connectivity index (χ0) is 14.2. The normalized spacial score (nSPS) is 32.5. The molecule has 0 saturated heterocycles. The highest BCUT2D eigenvalue weighted by Gasteiger charge is 2.43. The van der Waals surface area contributed by atoms with Crippen molar-refractivity contribution in [1.29, 1.82) is 0 Å². The maximum absolute atomic E-state index is 10.5. The summed E-state index contributed by atoms with van der Waals surface area (Å²) in [5, 5.41) is 10.5. The molecule has 3 rings (SSSR count). The summed E-state index contributed by atoms with van der Waals surface area (Å²) >= 11 is 0. The number of rotatable bonds is 2. The molecule has 1 spiro atoms. The molecule has 1 aromatic carbocycles. The van der Waals surface area contributed by atoms with Gasteiger partial charge < -0.3 is 19.3 Å². The van der Waals surface area contributed by atoms with Crippen molar-refractivity contribution in [3.63, 3.8) is 0 Å². The first-order valence-electron chi connectivity index (χ1n) is 7.23. The van der Waals surface area contributed by atoms with Gasteiger partial charge in [-0.1, -0.05) is 0 Å². The van der Waals surface area contributed by atoms with Gasteiger partial charge in [0.1, 0.15) is 17.1 Å². The van der Waals surface area contributed by atoms with E-state index in [2.05, 4.69) is 0 Å². The summed E-state index contributed by atoms with van der Waals surface area (Å²) in [6.45, 7) is 0. The highest BCUT2D eigenvalue weighted by molar-refractivity contribution is 5.43. The third-order valence-corrected chi connectivity index (χ3v) is 4.64. The third-order valence-electron chi connectivity index (χ3n) is 4.64. The van der Waals surface area contributed by atoms with Gasteiger partial charge in [0.25, 0.3) is 0 Å². The van der Waals surface area contributed by atoms with E-state index in [4.69, 9.17) is 14.2 Å². The van der Waals surface area contributed by atoms with Gasteiger partial charge in [-0.05, 0) is 43.9 Å². The lowest BCUT2D eigenvalue weighted by Crippen LogP contribution is -2.45. The minimum Gasteiger partial charge on any atom is -0.497 e. The second-order valence-electron chi connectivity index (χ2n) is 5.84. The van der Waals surface area contributed by atoms with Gasteiger partial charge in [0.05, 0.1) is 19.3 Å². The first-order valence-corrected chi connectivity index (χ1v) is 7.23. The molecule has 4 nitrogen and oxygen atoms in total. The summed E-state index contributed by atoms with van der Waals surface area (Å²) in [5.74, 6) is 1.55. The molecule has 0 amide bonds. The number of methoxy groups -OCH3 is 2. The lowest BCUT2D eigenvalue weighted by atomic mass is 9.77. The summed E-state index contributed by atoms with van der Waals surface area (Å²) in [7, 11) is 3.39. The molecule has 0 aromatic heterocycles. The molecule has 1 unspecified atom stereocenters. The van der Waals surface area contributed by atoms with Gasteiger partial charge in [-0.2, -0.15) is 0 Å². The van der Waals surface area contributed by atoms with Crippen LogP contribution in [0.4, 0.5) is 0 Å². The maximum Gasteiger partial charge on any atom is 0.126 e. The molecule has 1 atom stereocenters. The average Bonchev–Trinajstić information content (AvgIpc) is 2.48. The van der Waals surface area contributed by atoms with E-state index in [0.717, 1.165) is 42.7 Å². The molecule has 0 bridgehead atoms. The second-order valence-corrected chi connectivity index (χ2v) is 5.84. The van der Waals surface area contributed by atoms with Crippen LogP contribution in [0.15, 0.2) is 18.2 Å². The molecule has 1 aliphatic heterocycles. The van der Waals surface area contributed by atoms with Crippen LogP contribution in [-0.2, 0) is 4.74 Å². The van der Waals surface area contributed by atoms with Gasteiger partial charge in [-0.25, -0.2) is 0 Å². The smallest absolute Gasteiger partial charge is 0.126 e. The van der Waals surface area contributed by atoms with E-state index in [1.165, 1.54) is 0 Å². The fourth-order valence-corrected chi connectivity index (χ4v) is 3.40. The Labute approximate surface area is 119 Å². The molecule has 1 aromatic rings. The zero-order valence-electron chi connectivity index (χ0n) is 12.1. The summed E-state index contributed by atoms with van der Waals surface area (Å²) in [6, 6.07) is 5.65. The van der Waals surface area contributed by atoms with E-state index in [1.54, 1.807) is 14.2 Å². The van der Waals surface area contributed by atoms with Gasteiger partial charge >= 0.3 is 0 Å². The monoisotopic (exact) mass is 278 g/mol. The SMILES string of the molecule is COc1ccc2c(c1)C(O)CC1(CCC(OC)CC1)O2. The number of hydrogen-bond acceptors (Lipinski definition) is 4. The Morgan fingerprint density at radius 2 is 2.00 bits per heavy atom. The van der Waals surface area contributed by atoms with Crippen LogP contribution >= 0.6 is 0 Å². The van der Waals surface area contributed by atoms with Gasteiger partial charge in [0.15, 0.2) is 0 Å². The molecule has 4 heteroatoms. The largest absolute Gasteiger partial charge is 0.497 e. The second kappa shape index (κ2) is 5.26. The van der Waals surface area contributed by atoms with Crippen LogP contribution in [0.5, 0.6) is 11.5 Å².